The predicted molar refractivity (Wildman–Crippen MR) is 76.9 cm³/mol. The van der Waals surface area contributed by atoms with Crippen LogP contribution in [0.3, 0.4) is 0 Å². The molecule has 2 amide bonds. The Balaban J connectivity index is 2.52. The van der Waals surface area contributed by atoms with Gasteiger partial charge >= 0.3 is 6.03 Å². The van der Waals surface area contributed by atoms with Crippen molar-refractivity contribution in [2.45, 2.75) is 33.2 Å². The van der Waals surface area contributed by atoms with E-state index in [1.807, 2.05) is 0 Å². The van der Waals surface area contributed by atoms with Gasteiger partial charge in [0.05, 0.1) is 6.61 Å². The van der Waals surface area contributed by atoms with Crippen molar-refractivity contribution >= 4 is 6.03 Å². The number of carbonyl (C=O) groups is 1. The molecular formula is C15H23FN2O2. The first-order chi connectivity index (χ1) is 9.58. The number of urea groups is 1. The van der Waals surface area contributed by atoms with Gasteiger partial charge in [0.25, 0.3) is 0 Å². The summed E-state index contributed by atoms with van der Waals surface area (Å²) in [5.41, 5.74) is 1.42. The average molecular weight is 282 g/mol. The van der Waals surface area contributed by atoms with Gasteiger partial charge in [-0.15, -0.1) is 0 Å². The van der Waals surface area contributed by atoms with E-state index in [2.05, 4.69) is 12.2 Å². The molecule has 0 bridgehead atoms. The maximum absolute atomic E-state index is 13.1. The molecule has 0 heterocycles. The largest absolute Gasteiger partial charge is 0.395 e. The van der Waals surface area contributed by atoms with E-state index >= 15 is 0 Å². The number of aliphatic hydroxyl groups is 1. The SMILES string of the molecule is CCCCN(CCO)C(=O)NCc1ccc(F)c(C)c1. The number of nitrogens with zero attached hydrogens (tertiary/aromatic N) is 1. The highest BCUT2D eigenvalue weighted by atomic mass is 19.1. The van der Waals surface area contributed by atoms with Gasteiger partial charge in [0.1, 0.15) is 5.82 Å². The highest BCUT2D eigenvalue weighted by Crippen LogP contribution is 2.09. The molecule has 0 fully saturated rings. The van der Waals surface area contributed by atoms with Gasteiger partial charge in [-0.05, 0) is 30.5 Å². The molecule has 0 aromatic heterocycles. The summed E-state index contributed by atoms with van der Waals surface area (Å²) >= 11 is 0. The minimum Gasteiger partial charge on any atom is -0.395 e. The Morgan fingerprint density at radius 3 is 2.75 bits per heavy atom. The normalized spacial score (nSPS) is 10.4. The molecule has 0 radical (unpaired) electrons. The summed E-state index contributed by atoms with van der Waals surface area (Å²) < 4.78 is 13.1. The van der Waals surface area contributed by atoms with E-state index in [4.69, 9.17) is 5.11 Å². The quantitative estimate of drug-likeness (QED) is 0.807. The zero-order valence-electron chi connectivity index (χ0n) is 12.2. The van der Waals surface area contributed by atoms with Gasteiger partial charge in [-0.25, -0.2) is 9.18 Å². The van der Waals surface area contributed by atoms with E-state index in [1.165, 1.54) is 6.07 Å². The van der Waals surface area contributed by atoms with Crippen molar-refractivity contribution in [3.63, 3.8) is 0 Å². The third-order valence-corrected chi connectivity index (χ3v) is 3.10. The van der Waals surface area contributed by atoms with Crippen LogP contribution in [0, 0.1) is 12.7 Å². The van der Waals surface area contributed by atoms with Crippen LogP contribution < -0.4 is 5.32 Å². The van der Waals surface area contributed by atoms with E-state index in [0.29, 0.717) is 25.2 Å². The van der Waals surface area contributed by atoms with Crippen molar-refractivity contribution in [2.75, 3.05) is 19.7 Å². The number of benzene rings is 1. The fourth-order valence-electron chi connectivity index (χ4n) is 1.89. The fourth-order valence-corrected chi connectivity index (χ4v) is 1.89. The first kappa shape index (κ1) is 16.4. The van der Waals surface area contributed by atoms with E-state index in [-0.39, 0.29) is 18.5 Å². The minimum absolute atomic E-state index is 0.0488. The third-order valence-electron chi connectivity index (χ3n) is 3.10. The topological polar surface area (TPSA) is 52.6 Å². The number of aryl methyl sites for hydroxylation is 1. The summed E-state index contributed by atoms with van der Waals surface area (Å²) in [7, 11) is 0. The minimum atomic E-state index is -0.245. The van der Waals surface area contributed by atoms with Crippen molar-refractivity contribution in [3.8, 4) is 0 Å². The smallest absolute Gasteiger partial charge is 0.317 e. The number of hydrogen-bond donors (Lipinski definition) is 2. The molecule has 112 valence electrons. The second-order valence-corrected chi connectivity index (χ2v) is 4.81. The fraction of sp³-hybridized carbons (Fsp3) is 0.533. The molecule has 2 N–H and O–H groups in total. The molecule has 20 heavy (non-hydrogen) atoms. The van der Waals surface area contributed by atoms with Crippen LogP contribution in [-0.2, 0) is 6.54 Å². The summed E-state index contributed by atoms with van der Waals surface area (Å²) in [4.78, 5) is 13.6. The van der Waals surface area contributed by atoms with Crippen LogP contribution in [0.5, 0.6) is 0 Å². The van der Waals surface area contributed by atoms with E-state index in [0.717, 1.165) is 18.4 Å². The Kier molecular flexibility index (Phi) is 7.01. The molecule has 0 atom stereocenters. The molecule has 5 heteroatoms. The van der Waals surface area contributed by atoms with Crippen molar-refractivity contribution in [3.05, 3.63) is 35.1 Å². The second-order valence-electron chi connectivity index (χ2n) is 4.81. The number of hydrogen-bond acceptors (Lipinski definition) is 2. The number of unbranched alkanes of at least 4 members (excludes halogenated alkanes) is 1. The molecule has 0 saturated carbocycles. The van der Waals surface area contributed by atoms with Crippen LogP contribution in [0.2, 0.25) is 0 Å². The van der Waals surface area contributed by atoms with Crippen molar-refractivity contribution in [1.82, 2.24) is 10.2 Å². The van der Waals surface area contributed by atoms with Crippen LogP contribution in [0.15, 0.2) is 18.2 Å². The molecule has 0 aliphatic rings. The molecule has 0 aliphatic carbocycles. The maximum atomic E-state index is 13.1. The van der Waals surface area contributed by atoms with E-state index in [1.54, 1.807) is 24.0 Å². The molecule has 0 saturated heterocycles. The predicted octanol–water partition coefficient (Wildman–Crippen LogP) is 2.44. The molecule has 1 rings (SSSR count). The van der Waals surface area contributed by atoms with Gasteiger partial charge in [-0.1, -0.05) is 25.5 Å². The second kappa shape index (κ2) is 8.53. The number of rotatable bonds is 7. The highest BCUT2D eigenvalue weighted by Gasteiger charge is 2.11. The molecule has 0 spiro atoms. The molecule has 1 aromatic rings. The lowest BCUT2D eigenvalue weighted by Crippen LogP contribution is -2.41. The van der Waals surface area contributed by atoms with Crippen LogP contribution in [0.25, 0.3) is 0 Å². The number of halogens is 1. The van der Waals surface area contributed by atoms with Crippen molar-refractivity contribution < 1.29 is 14.3 Å². The maximum Gasteiger partial charge on any atom is 0.317 e. The van der Waals surface area contributed by atoms with Crippen molar-refractivity contribution in [1.29, 1.82) is 0 Å². The monoisotopic (exact) mass is 282 g/mol. The lowest BCUT2D eigenvalue weighted by atomic mass is 10.1. The van der Waals surface area contributed by atoms with Crippen LogP contribution in [-0.4, -0.2) is 35.7 Å². The Hall–Kier alpha value is -1.62. The highest BCUT2D eigenvalue weighted by molar-refractivity contribution is 5.74. The number of carbonyl (C=O) groups excluding carboxylic acids is 1. The van der Waals surface area contributed by atoms with Crippen LogP contribution in [0.1, 0.15) is 30.9 Å². The summed E-state index contributed by atoms with van der Waals surface area (Å²) in [6.45, 7) is 5.01. The van der Waals surface area contributed by atoms with Crippen molar-refractivity contribution in [2.24, 2.45) is 0 Å². The lowest BCUT2D eigenvalue weighted by Gasteiger charge is -2.22. The van der Waals surface area contributed by atoms with Crippen LogP contribution in [0.4, 0.5) is 9.18 Å². The van der Waals surface area contributed by atoms with Gasteiger partial charge in [-0.2, -0.15) is 0 Å². The van der Waals surface area contributed by atoms with Gasteiger partial charge in [0.15, 0.2) is 0 Å². The molecule has 0 aliphatic heterocycles. The Morgan fingerprint density at radius 1 is 1.40 bits per heavy atom. The van der Waals surface area contributed by atoms with Gasteiger partial charge < -0.3 is 15.3 Å². The summed E-state index contributed by atoms with van der Waals surface area (Å²) in [5.74, 6) is -0.245. The van der Waals surface area contributed by atoms with Gasteiger partial charge in [0.2, 0.25) is 0 Å². The number of aliphatic hydroxyl groups excluding tert-OH is 1. The molecular weight excluding hydrogens is 259 g/mol. The van der Waals surface area contributed by atoms with Crippen LogP contribution >= 0.6 is 0 Å². The number of nitrogens with one attached hydrogen (secondary N) is 1. The molecule has 4 nitrogen and oxygen atoms in total. The van der Waals surface area contributed by atoms with Gasteiger partial charge in [0, 0.05) is 19.6 Å². The van der Waals surface area contributed by atoms with Gasteiger partial charge in [-0.3, -0.25) is 0 Å². The lowest BCUT2D eigenvalue weighted by molar-refractivity contribution is 0.176. The summed E-state index contributed by atoms with van der Waals surface area (Å²) in [6.07, 6.45) is 1.90. The van der Waals surface area contributed by atoms with E-state index < -0.39 is 0 Å². The zero-order chi connectivity index (χ0) is 15.0. The Labute approximate surface area is 119 Å². The molecule has 1 aromatic carbocycles. The standard InChI is InChI=1S/C15H23FN2O2/c1-3-4-7-18(8-9-19)15(20)17-11-13-5-6-14(16)12(2)10-13/h5-6,10,19H,3-4,7-9,11H2,1-2H3,(H,17,20). The first-order valence-corrected chi connectivity index (χ1v) is 6.97. The number of amides is 2. The summed E-state index contributed by atoms with van der Waals surface area (Å²) in [6, 6.07) is 4.58. The Morgan fingerprint density at radius 2 is 2.15 bits per heavy atom. The average Bonchev–Trinajstić information content (AvgIpc) is 2.44. The third kappa shape index (κ3) is 5.17. The first-order valence-electron chi connectivity index (χ1n) is 6.97. The zero-order valence-corrected chi connectivity index (χ0v) is 12.2. The molecule has 0 unspecified atom stereocenters. The summed E-state index contributed by atoms with van der Waals surface area (Å²) in [5, 5.41) is 11.8. The Bertz CT molecular complexity index is 438. The van der Waals surface area contributed by atoms with E-state index in [9.17, 15) is 9.18 Å².